The fourth-order valence-corrected chi connectivity index (χ4v) is 1.91. The van der Waals surface area contributed by atoms with Crippen LogP contribution in [0.2, 0.25) is 0 Å². The van der Waals surface area contributed by atoms with E-state index in [9.17, 15) is 9.59 Å². The maximum absolute atomic E-state index is 11.6. The third-order valence-electron chi connectivity index (χ3n) is 2.81. The number of rotatable bonds is 5. The summed E-state index contributed by atoms with van der Waals surface area (Å²) < 4.78 is 9.68. The van der Waals surface area contributed by atoms with Gasteiger partial charge in [-0.25, -0.2) is 0 Å². The summed E-state index contributed by atoms with van der Waals surface area (Å²) in [6.07, 6.45) is 0.213. The Kier molecular flexibility index (Phi) is 4.71. The normalized spacial score (nSPS) is 10.2. The SMILES string of the molecule is CC(=O)OCCOC(=O)Cc1ccc2ccccc2c1. The highest BCUT2D eigenvalue weighted by atomic mass is 16.6. The lowest BCUT2D eigenvalue weighted by Crippen LogP contribution is -2.14. The highest BCUT2D eigenvalue weighted by molar-refractivity contribution is 5.84. The Bertz CT molecular complexity index is 619. The summed E-state index contributed by atoms with van der Waals surface area (Å²) in [5.41, 5.74) is 0.904. The topological polar surface area (TPSA) is 52.6 Å². The number of carbonyl (C=O) groups excluding carboxylic acids is 2. The Morgan fingerprint density at radius 1 is 0.950 bits per heavy atom. The summed E-state index contributed by atoms with van der Waals surface area (Å²) in [4.78, 5) is 22.2. The maximum atomic E-state index is 11.6. The van der Waals surface area contributed by atoms with E-state index in [1.54, 1.807) is 0 Å². The first-order valence-electron chi connectivity index (χ1n) is 6.42. The molecular weight excluding hydrogens is 256 g/mol. The van der Waals surface area contributed by atoms with Crippen molar-refractivity contribution >= 4 is 22.7 Å². The second-order valence-electron chi connectivity index (χ2n) is 4.42. The van der Waals surface area contributed by atoms with Crippen LogP contribution in [0, 0.1) is 0 Å². The van der Waals surface area contributed by atoms with Gasteiger partial charge in [0, 0.05) is 6.92 Å². The monoisotopic (exact) mass is 272 g/mol. The molecule has 0 aromatic heterocycles. The van der Waals surface area contributed by atoms with E-state index in [1.807, 2.05) is 42.5 Å². The molecule has 0 saturated heterocycles. The standard InChI is InChI=1S/C16H16O4/c1-12(17)19-8-9-20-16(18)11-13-6-7-14-4-2-3-5-15(14)10-13/h2-7,10H,8-9,11H2,1H3. The van der Waals surface area contributed by atoms with Crippen LogP contribution in [0.1, 0.15) is 12.5 Å². The van der Waals surface area contributed by atoms with Crippen molar-refractivity contribution in [3.05, 3.63) is 48.0 Å². The van der Waals surface area contributed by atoms with Crippen LogP contribution in [0.5, 0.6) is 0 Å². The van der Waals surface area contributed by atoms with Crippen molar-refractivity contribution in [3.8, 4) is 0 Å². The van der Waals surface area contributed by atoms with Gasteiger partial charge in [0.1, 0.15) is 13.2 Å². The Morgan fingerprint density at radius 3 is 2.40 bits per heavy atom. The molecule has 0 aliphatic carbocycles. The fraction of sp³-hybridized carbons (Fsp3) is 0.250. The number of hydrogen-bond acceptors (Lipinski definition) is 4. The Morgan fingerprint density at radius 2 is 1.65 bits per heavy atom. The van der Waals surface area contributed by atoms with Gasteiger partial charge in [0.25, 0.3) is 0 Å². The van der Waals surface area contributed by atoms with E-state index < -0.39 is 0 Å². The van der Waals surface area contributed by atoms with Gasteiger partial charge in [-0.15, -0.1) is 0 Å². The number of esters is 2. The molecule has 4 heteroatoms. The molecule has 0 amide bonds. The Labute approximate surface area is 117 Å². The van der Waals surface area contributed by atoms with Crippen LogP contribution in [0.25, 0.3) is 10.8 Å². The van der Waals surface area contributed by atoms with Gasteiger partial charge in [-0.2, -0.15) is 0 Å². The van der Waals surface area contributed by atoms with Crippen LogP contribution in [0.4, 0.5) is 0 Å². The fourth-order valence-electron chi connectivity index (χ4n) is 1.91. The molecule has 2 aromatic rings. The minimum absolute atomic E-state index is 0.0893. The minimum Gasteiger partial charge on any atom is -0.462 e. The summed E-state index contributed by atoms with van der Waals surface area (Å²) in [6, 6.07) is 13.8. The van der Waals surface area contributed by atoms with Gasteiger partial charge >= 0.3 is 11.9 Å². The first kappa shape index (κ1) is 14.1. The average molecular weight is 272 g/mol. The first-order chi connectivity index (χ1) is 9.65. The van der Waals surface area contributed by atoms with Crippen molar-refractivity contribution in [3.63, 3.8) is 0 Å². The summed E-state index contributed by atoms with van der Waals surface area (Å²) in [7, 11) is 0. The second-order valence-corrected chi connectivity index (χ2v) is 4.42. The highest BCUT2D eigenvalue weighted by Gasteiger charge is 2.06. The number of fused-ring (bicyclic) bond motifs is 1. The van der Waals surface area contributed by atoms with Gasteiger partial charge in [-0.05, 0) is 16.3 Å². The van der Waals surface area contributed by atoms with Gasteiger partial charge < -0.3 is 9.47 Å². The molecule has 0 fully saturated rings. The molecule has 0 unspecified atom stereocenters. The lowest BCUT2D eigenvalue weighted by Gasteiger charge is -2.06. The lowest BCUT2D eigenvalue weighted by atomic mass is 10.1. The van der Waals surface area contributed by atoms with Gasteiger partial charge in [-0.1, -0.05) is 42.5 Å². The van der Waals surface area contributed by atoms with E-state index >= 15 is 0 Å². The van der Waals surface area contributed by atoms with Gasteiger partial charge in [0.2, 0.25) is 0 Å². The summed E-state index contributed by atoms with van der Waals surface area (Å²) >= 11 is 0. The van der Waals surface area contributed by atoms with Crippen molar-refractivity contribution in [2.24, 2.45) is 0 Å². The van der Waals surface area contributed by atoms with Crippen LogP contribution in [0.15, 0.2) is 42.5 Å². The predicted octanol–water partition coefficient (Wildman–Crippen LogP) is 2.49. The Hall–Kier alpha value is -2.36. The third-order valence-corrected chi connectivity index (χ3v) is 2.81. The first-order valence-corrected chi connectivity index (χ1v) is 6.42. The molecule has 0 N–H and O–H groups in total. The zero-order valence-electron chi connectivity index (χ0n) is 11.3. The molecule has 0 heterocycles. The van der Waals surface area contributed by atoms with E-state index in [4.69, 9.17) is 4.74 Å². The van der Waals surface area contributed by atoms with E-state index in [-0.39, 0.29) is 31.6 Å². The molecule has 4 nitrogen and oxygen atoms in total. The second kappa shape index (κ2) is 6.70. The van der Waals surface area contributed by atoms with Crippen LogP contribution in [-0.2, 0) is 25.5 Å². The predicted molar refractivity (Wildman–Crippen MR) is 75.2 cm³/mol. The van der Waals surface area contributed by atoms with Crippen LogP contribution < -0.4 is 0 Å². The largest absolute Gasteiger partial charge is 0.462 e. The molecule has 0 atom stereocenters. The van der Waals surface area contributed by atoms with Crippen molar-refractivity contribution in [2.45, 2.75) is 13.3 Å². The third kappa shape index (κ3) is 4.09. The molecule has 0 radical (unpaired) electrons. The average Bonchev–Trinajstić information content (AvgIpc) is 2.43. The summed E-state index contributed by atoms with van der Waals surface area (Å²) in [6.45, 7) is 1.50. The number of ether oxygens (including phenoxy) is 2. The van der Waals surface area contributed by atoms with Crippen LogP contribution in [0.3, 0.4) is 0 Å². The van der Waals surface area contributed by atoms with Crippen LogP contribution >= 0.6 is 0 Å². The van der Waals surface area contributed by atoms with E-state index in [2.05, 4.69) is 4.74 Å². The number of hydrogen-bond donors (Lipinski definition) is 0. The number of carbonyl (C=O) groups is 2. The highest BCUT2D eigenvalue weighted by Crippen LogP contribution is 2.16. The molecular formula is C16H16O4. The quantitative estimate of drug-likeness (QED) is 0.620. The van der Waals surface area contributed by atoms with Crippen molar-refractivity contribution in [1.29, 1.82) is 0 Å². The molecule has 0 aliphatic rings. The van der Waals surface area contributed by atoms with E-state index in [0.29, 0.717) is 0 Å². The van der Waals surface area contributed by atoms with Crippen molar-refractivity contribution in [2.75, 3.05) is 13.2 Å². The molecule has 20 heavy (non-hydrogen) atoms. The summed E-state index contributed by atoms with van der Waals surface area (Å²) in [5.74, 6) is -0.706. The molecule has 0 bridgehead atoms. The molecule has 2 aromatic carbocycles. The molecule has 104 valence electrons. The smallest absolute Gasteiger partial charge is 0.310 e. The molecule has 0 spiro atoms. The van der Waals surface area contributed by atoms with E-state index in [1.165, 1.54) is 6.92 Å². The zero-order valence-corrected chi connectivity index (χ0v) is 11.3. The lowest BCUT2D eigenvalue weighted by molar-refractivity contribution is -0.150. The molecule has 2 rings (SSSR count). The molecule has 0 saturated carbocycles. The Balaban J connectivity index is 1.88. The van der Waals surface area contributed by atoms with Crippen LogP contribution in [-0.4, -0.2) is 25.2 Å². The van der Waals surface area contributed by atoms with Gasteiger partial charge in [0.15, 0.2) is 0 Å². The van der Waals surface area contributed by atoms with Gasteiger partial charge in [0.05, 0.1) is 6.42 Å². The minimum atomic E-state index is -0.379. The zero-order chi connectivity index (χ0) is 14.4. The maximum Gasteiger partial charge on any atom is 0.310 e. The van der Waals surface area contributed by atoms with Crippen molar-refractivity contribution < 1.29 is 19.1 Å². The van der Waals surface area contributed by atoms with E-state index in [0.717, 1.165) is 16.3 Å². The molecule has 0 aliphatic heterocycles. The number of benzene rings is 2. The summed E-state index contributed by atoms with van der Waals surface area (Å²) in [5, 5.41) is 2.23. The van der Waals surface area contributed by atoms with Crippen molar-refractivity contribution in [1.82, 2.24) is 0 Å². The van der Waals surface area contributed by atoms with Gasteiger partial charge in [-0.3, -0.25) is 9.59 Å².